The third-order valence-corrected chi connectivity index (χ3v) is 4.45. The zero-order chi connectivity index (χ0) is 17.5. The summed E-state index contributed by atoms with van der Waals surface area (Å²) >= 11 is 1.40. The first-order valence-electron chi connectivity index (χ1n) is 7.90. The van der Waals surface area contributed by atoms with Gasteiger partial charge in [-0.25, -0.2) is 4.98 Å². The van der Waals surface area contributed by atoms with Gasteiger partial charge in [0.1, 0.15) is 5.75 Å². The quantitative estimate of drug-likeness (QED) is 0.848. The number of hydrogen-bond donors (Lipinski definition) is 1. The van der Waals surface area contributed by atoms with Crippen molar-refractivity contribution < 1.29 is 14.3 Å². The van der Waals surface area contributed by atoms with Gasteiger partial charge in [-0.05, 0) is 24.3 Å². The van der Waals surface area contributed by atoms with Gasteiger partial charge in [0.2, 0.25) is 0 Å². The molecule has 0 unspecified atom stereocenters. The number of aromatic nitrogens is 1. The van der Waals surface area contributed by atoms with E-state index in [9.17, 15) is 4.79 Å². The molecular weight excluding hydrogens is 340 g/mol. The molecule has 2 aromatic rings. The summed E-state index contributed by atoms with van der Waals surface area (Å²) in [6.45, 7) is 3.96. The number of anilines is 1. The molecule has 1 amide bonds. The number of benzene rings is 1. The molecule has 2 heterocycles. The fourth-order valence-electron chi connectivity index (χ4n) is 2.36. The van der Waals surface area contributed by atoms with E-state index in [0.29, 0.717) is 16.4 Å². The Hall–Kier alpha value is -2.47. The molecule has 7 nitrogen and oxygen atoms in total. The molecule has 1 aromatic heterocycles. The van der Waals surface area contributed by atoms with Crippen LogP contribution in [0, 0.1) is 11.3 Å². The smallest absolute Gasteiger partial charge is 0.264 e. The van der Waals surface area contributed by atoms with Crippen molar-refractivity contribution in [2.24, 2.45) is 0 Å². The third-order valence-electron chi connectivity index (χ3n) is 3.64. The second-order valence-electron chi connectivity index (χ2n) is 5.51. The van der Waals surface area contributed by atoms with E-state index in [1.165, 1.54) is 11.3 Å². The maximum absolute atomic E-state index is 12.0. The van der Waals surface area contributed by atoms with Crippen LogP contribution in [0.4, 0.5) is 5.13 Å². The molecule has 3 rings (SSSR count). The molecule has 1 aliphatic heterocycles. The zero-order valence-electron chi connectivity index (χ0n) is 13.6. The number of nitrogens with one attached hydrogen (secondary N) is 1. The molecule has 0 radical (unpaired) electrons. The van der Waals surface area contributed by atoms with Crippen LogP contribution in [0.15, 0.2) is 29.6 Å². The van der Waals surface area contributed by atoms with Crippen LogP contribution in [0.2, 0.25) is 0 Å². The van der Waals surface area contributed by atoms with Crippen LogP contribution in [0.5, 0.6) is 5.75 Å². The van der Waals surface area contributed by atoms with Crippen molar-refractivity contribution in [1.29, 1.82) is 5.26 Å². The van der Waals surface area contributed by atoms with Crippen LogP contribution in [0.3, 0.4) is 0 Å². The van der Waals surface area contributed by atoms with Crippen LogP contribution in [-0.2, 0) is 16.1 Å². The van der Waals surface area contributed by atoms with Crippen molar-refractivity contribution in [3.63, 3.8) is 0 Å². The van der Waals surface area contributed by atoms with Crippen molar-refractivity contribution >= 4 is 22.4 Å². The number of thiazole rings is 1. The molecule has 1 aliphatic rings. The maximum atomic E-state index is 12.0. The topological polar surface area (TPSA) is 87.5 Å². The highest BCUT2D eigenvalue weighted by molar-refractivity contribution is 7.13. The van der Waals surface area contributed by atoms with Crippen molar-refractivity contribution in [3.8, 4) is 11.8 Å². The normalized spacial score (nSPS) is 14.7. The van der Waals surface area contributed by atoms with E-state index < -0.39 is 0 Å². The minimum atomic E-state index is -0.267. The Kier molecular flexibility index (Phi) is 5.95. The summed E-state index contributed by atoms with van der Waals surface area (Å²) in [6.07, 6.45) is 0. The lowest BCUT2D eigenvalue weighted by molar-refractivity contribution is -0.118. The number of hydrogen-bond acceptors (Lipinski definition) is 7. The fourth-order valence-corrected chi connectivity index (χ4v) is 3.07. The van der Waals surface area contributed by atoms with E-state index in [1.54, 1.807) is 24.3 Å². The SMILES string of the molecule is N#Cc1ccc(OCC(=O)Nc2nc(CN3CCOCC3)cs2)cc1. The Morgan fingerprint density at radius 1 is 1.36 bits per heavy atom. The second-order valence-corrected chi connectivity index (χ2v) is 6.36. The highest BCUT2D eigenvalue weighted by atomic mass is 32.1. The summed E-state index contributed by atoms with van der Waals surface area (Å²) in [4.78, 5) is 18.7. The summed E-state index contributed by atoms with van der Waals surface area (Å²) < 4.78 is 10.7. The van der Waals surface area contributed by atoms with Gasteiger partial charge in [-0.15, -0.1) is 11.3 Å². The molecule has 0 spiro atoms. The third kappa shape index (κ3) is 5.26. The van der Waals surface area contributed by atoms with Crippen LogP contribution in [0.1, 0.15) is 11.3 Å². The zero-order valence-corrected chi connectivity index (χ0v) is 14.4. The molecule has 1 aromatic carbocycles. The van der Waals surface area contributed by atoms with E-state index in [-0.39, 0.29) is 12.5 Å². The Labute approximate surface area is 149 Å². The highest BCUT2D eigenvalue weighted by Crippen LogP contribution is 2.17. The summed E-state index contributed by atoms with van der Waals surface area (Å²) in [5.41, 5.74) is 1.49. The van der Waals surface area contributed by atoms with Crippen LogP contribution >= 0.6 is 11.3 Å². The van der Waals surface area contributed by atoms with Gasteiger partial charge in [0.05, 0.1) is 30.5 Å². The van der Waals surface area contributed by atoms with Gasteiger partial charge < -0.3 is 9.47 Å². The number of ether oxygens (including phenoxy) is 2. The molecule has 0 atom stereocenters. The van der Waals surface area contributed by atoms with E-state index >= 15 is 0 Å². The number of nitriles is 1. The lowest BCUT2D eigenvalue weighted by atomic mass is 10.2. The number of amides is 1. The molecule has 8 heteroatoms. The molecule has 130 valence electrons. The summed E-state index contributed by atoms with van der Waals surface area (Å²) in [5.74, 6) is 0.276. The van der Waals surface area contributed by atoms with Gasteiger partial charge >= 0.3 is 0 Å². The summed E-state index contributed by atoms with van der Waals surface area (Å²) in [7, 11) is 0. The first-order valence-corrected chi connectivity index (χ1v) is 8.78. The number of carbonyl (C=O) groups is 1. The number of nitrogens with zero attached hydrogens (tertiary/aromatic N) is 3. The molecule has 25 heavy (non-hydrogen) atoms. The predicted octanol–water partition coefficient (Wildman–Crippen LogP) is 1.86. The van der Waals surface area contributed by atoms with Gasteiger partial charge in [0.25, 0.3) is 5.91 Å². The molecule has 0 aliphatic carbocycles. The van der Waals surface area contributed by atoms with Gasteiger partial charge in [-0.1, -0.05) is 0 Å². The fraction of sp³-hybridized carbons (Fsp3) is 0.353. The monoisotopic (exact) mass is 358 g/mol. The lowest BCUT2D eigenvalue weighted by Crippen LogP contribution is -2.35. The summed E-state index contributed by atoms with van der Waals surface area (Å²) in [5, 5.41) is 14.0. The van der Waals surface area contributed by atoms with Crippen molar-refractivity contribution in [3.05, 3.63) is 40.9 Å². The summed E-state index contributed by atoms with van der Waals surface area (Å²) in [6, 6.07) is 8.65. The van der Waals surface area contributed by atoms with E-state index in [1.807, 2.05) is 11.4 Å². The molecule has 1 saturated heterocycles. The van der Waals surface area contributed by atoms with Crippen molar-refractivity contribution in [2.45, 2.75) is 6.54 Å². The lowest BCUT2D eigenvalue weighted by Gasteiger charge is -2.25. The van der Waals surface area contributed by atoms with Gasteiger partial charge in [-0.3, -0.25) is 15.0 Å². The van der Waals surface area contributed by atoms with Crippen molar-refractivity contribution in [1.82, 2.24) is 9.88 Å². The van der Waals surface area contributed by atoms with Crippen molar-refractivity contribution in [2.75, 3.05) is 38.2 Å². The number of rotatable bonds is 6. The first-order chi connectivity index (χ1) is 12.2. The van der Waals surface area contributed by atoms with Gasteiger partial charge in [0, 0.05) is 25.0 Å². The molecule has 0 saturated carbocycles. The highest BCUT2D eigenvalue weighted by Gasteiger charge is 2.13. The predicted molar refractivity (Wildman–Crippen MR) is 93.5 cm³/mol. The van der Waals surface area contributed by atoms with Crippen LogP contribution in [0.25, 0.3) is 0 Å². The largest absolute Gasteiger partial charge is 0.484 e. The molecule has 1 N–H and O–H groups in total. The second kappa shape index (κ2) is 8.58. The molecule has 0 bridgehead atoms. The Balaban J connectivity index is 1.45. The minimum absolute atomic E-state index is 0.107. The molecular formula is C17H18N4O3S. The maximum Gasteiger partial charge on any atom is 0.264 e. The molecule has 1 fully saturated rings. The average Bonchev–Trinajstić information content (AvgIpc) is 3.08. The van der Waals surface area contributed by atoms with Crippen LogP contribution in [-0.4, -0.2) is 48.7 Å². The standard InChI is InChI=1S/C17H18N4O3S/c18-9-13-1-3-15(4-2-13)24-11-16(22)20-17-19-14(12-25-17)10-21-5-7-23-8-6-21/h1-4,12H,5-8,10-11H2,(H,19,20,22). The first kappa shape index (κ1) is 17.4. The number of carbonyl (C=O) groups excluding carboxylic acids is 1. The van der Waals surface area contributed by atoms with E-state index in [2.05, 4.69) is 15.2 Å². The average molecular weight is 358 g/mol. The minimum Gasteiger partial charge on any atom is -0.484 e. The van der Waals surface area contributed by atoms with Gasteiger partial charge in [0.15, 0.2) is 11.7 Å². The van der Waals surface area contributed by atoms with E-state index in [4.69, 9.17) is 14.7 Å². The Morgan fingerprint density at radius 2 is 2.12 bits per heavy atom. The van der Waals surface area contributed by atoms with Crippen LogP contribution < -0.4 is 10.1 Å². The Bertz CT molecular complexity index is 748. The Morgan fingerprint density at radius 3 is 2.84 bits per heavy atom. The van der Waals surface area contributed by atoms with Gasteiger partial charge in [-0.2, -0.15) is 5.26 Å². The van der Waals surface area contributed by atoms with E-state index in [0.717, 1.165) is 38.5 Å². The number of morpholine rings is 1.